The zero-order chi connectivity index (χ0) is 8.15. The maximum absolute atomic E-state index is 12.8. The third kappa shape index (κ3) is 4.74. The minimum absolute atomic E-state index is 0.307. The smallest absolute Gasteiger partial charge is 0.115 e. The molecule has 0 aromatic heterocycles. The van der Waals surface area contributed by atoms with Crippen molar-refractivity contribution in [2.24, 2.45) is 11.7 Å². The summed E-state index contributed by atoms with van der Waals surface area (Å²) in [6.45, 7) is 5.90. The normalized spacial score (nSPS) is 17.4. The van der Waals surface area contributed by atoms with E-state index in [1.165, 1.54) is 0 Å². The van der Waals surface area contributed by atoms with Crippen molar-refractivity contribution in [3.05, 3.63) is 0 Å². The van der Waals surface area contributed by atoms with Crippen LogP contribution in [0.5, 0.6) is 0 Å². The molecule has 0 spiro atoms. The molecule has 2 heteroatoms. The number of hydrogen-bond acceptors (Lipinski definition) is 1. The van der Waals surface area contributed by atoms with Gasteiger partial charge in [-0.3, -0.25) is 0 Å². The molecule has 0 amide bonds. The molecule has 62 valence electrons. The van der Waals surface area contributed by atoms with Gasteiger partial charge in [-0.25, -0.2) is 4.39 Å². The van der Waals surface area contributed by atoms with Crippen LogP contribution in [-0.4, -0.2) is 12.2 Å². The van der Waals surface area contributed by atoms with Gasteiger partial charge in [0.05, 0.1) is 0 Å². The van der Waals surface area contributed by atoms with Crippen molar-refractivity contribution in [3.63, 3.8) is 0 Å². The van der Waals surface area contributed by atoms with E-state index in [-0.39, 0.29) is 6.04 Å². The molecule has 2 unspecified atom stereocenters. The van der Waals surface area contributed by atoms with Crippen LogP contribution in [0.1, 0.15) is 33.6 Å². The van der Waals surface area contributed by atoms with Gasteiger partial charge in [0, 0.05) is 6.04 Å². The number of hydrogen-bond donors (Lipinski definition) is 1. The molecule has 1 nitrogen and oxygen atoms in total. The van der Waals surface area contributed by atoms with Gasteiger partial charge in [-0.05, 0) is 25.7 Å². The summed E-state index contributed by atoms with van der Waals surface area (Å²) in [5, 5.41) is 0. The molecule has 0 radical (unpaired) electrons. The number of halogens is 1. The van der Waals surface area contributed by atoms with Crippen LogP contribution in [0, 0.1) is 5.92 Å². The lowest BCUT2D eigenvalue weighted by atomic mass is 10.0. The van der Waals surface area contributed by atoms with Crippen molar-refractivity contribution in [2.45, 2.75) is 45.8 Å². The van der Waals surface area contributed by atoms with Gasteiger partial charge in [0.15, 0.2) is 0 Å². The first-order valence-electron chi connectivity index (χ1n) is 3.93. The van der Waals surface area contributed by atoms with Crippen molar-refractivity contribution in [2.75, 3.05) is 0 Å². The predicted octanol–water partition coefficient (Wildman–Crippen LogP) is 2.11. The van der Waals surface area contributed by atoms with Crippen molar-refractivity contribution in [3.8, 4) is 0 Å². The fourth-order valence-electron chi connectivity index (χ4n) is 0.755. The van der Waals surface area contributed by atoms with Crippen molar-refractivity contribution >= 4 is 0 Å². The summed E-state index contributed by atoms with van der Waals surface area (Å²) in [5.74, 6) is 0.581. The summed E-state index contributed by atoms with van der Waals surface area (Å²) in [7, 11) is 0. The number of alkyl halides is 1. The van der Waals surface area contributed by atoms with Gasteiger partial charge in [0.1, 0.15) is 6.17 Å². The molecule has 0 aromatic carbocycles. The SMILES string of the molecule is CC(C)CCC(F)C(C)N. The minimum Gasteiger partial charge on any atom is -0.325 e. The van der Waals surface area contributed by atoms with Crippen LogP contribution in [0.25, 0.3) is 0 Å². The van der Waals surface area contributed by atoms with E-state index in [1.54, 1.807) is 6.92 Å². The van der Waals surface area contributed by atoms with Gasteiger partial charge in [-0.15, -0.1) is 0 Å². The molecule has 10 heavy (non-hydrogen) atoms. The fourth-order valence-corrected chi connectivity index (χ4v) is 0.755. The quantitative estimate of drug-likeness (QED) is 0.647. The minimum atomic E-state index is -0.817. The Labute approximate surface area is 62.8 Å². The molecule has 0 saturated carbocycles. The van der Waals surface area contributed by atoms with E-state index in [9.17, 15) is 4.39 Å². The van der Waals surface area contributed by atoms with E-state index in [0.29, 0.717) is 12.3 Å². The molecule has 0 aliphatic rings. The topological polar surface area (TPSA) is 26.0 Å². The molecule has 0 aromatic rings. The van der Waals surface area contributed by atoms with Crippen LogP contribution in [0.4, 0.5) is 4.39 Å². The Morgan fingerprint density at radius 2 is 1.70 bits per heavy atom. The molecule has 2 N–H and O–H groups in total. The van der Waals surface area contributed by atoms with Crippen LogP contribution in [-0.2, 0) is 0 Å². The highest BCUT2D eigenvalue weighted by Crippen LogP contribution is 2.10. The van der Waals surface area contributed by atoms with Crippen LogP contribution in [0.2, 0.25) is 0 Å². The van der Waals surface area contributed by atoms with Gasteiger partial charge in [-0.2, -0.15) is 0 Å². The van der Waals surface area contributed by atoms with Crippen molar-refractivity contribution < 1.29 is 4.39 Å². The van der Waals surface area contributed by atoms with Crippen molar-refractivity contribution in [1.82, 2.24) is 0 Å². The summed E-state index contributed by atoms with van der Waals surface area (Å²) >= 11 is 0. The molecule has 0 bridgehead atoms. The lowest BCUT2D eigenvalue weighted by Gasteiger charge is -2.12. The van der Waals surface area contributed by atoms with E-state index in [1.807, 2.05) is 0 Å². The highest BCUT2D eigenvalue weighted by molar-refractivity contribution is 4.67. The number of nitrogens with two attached hydrogens (primary N) is 1. The van der Waals surface area contributed by atoms with E-state index in [2.05, 4.69) is 13.8 Å². The first-order valence-corrected chi connectivity index (χ1v) is 3.93. The molecule has 2 atom stereocenters. The third-order valence-electron chi connectivity index (χ3n) is 1.59. The zero-order valence-electron chi connectivity index (χ0n) is 7.10. The van der Waals surface area contributed by atoms with Gasteiger partial charge in [-0.1, -0.05) is 13.8 Å². The second kappa shape index (κ2) is 4.67. The van der Waals surface area contributed by atoms with Crippen LogP contribution >= 0.6 is 0 Å². The maximum Gasteiger partial charge on any atom is 0.115 e. The summed E-state index contributed by atoms with van der Waals surface area (Å²) < 4.78 is 12.8. The summed E-state index contributed by atoms with van der Waals surface area (Å²) in [6.07, 6.45) is 0.722. The Hall–Kier alpha value is -0.110. The molecular formula is C8H18FN. The van der Waals surface area contributed by atoms with Crippen LogP contribution in [0.15, 0.2) is 0 Å². The molecule has 0 fully saturated rings. The lowest BCUT2D eigenvalue weighted by Crippen LogP contribution is -2.28. The lowest BCUT2D eigenvalue weighted by molar-refractivity contribution is 0.260. The van der Waals surface area contributed by atoms with E-state index >= 15 is 0 Å². The standard InChI is InChI=1S/C8H18FN/c1-6(2)4-5-8(9)7(3)10/h6-8H,4-5,10H2,1-3H3. The second-order valence-electron chi connectivity index (χ2n) is 3.35. The summed E-state index contributed by atoms with van der Waals surface area (Å²) in [4.78, 5) is 0. The molecule has 0 rings (SSSR count). The Morgan fingerprint density at radius 1 is 1.20 bits per heavy atom. The molecule has 0 saturated heterocycles. The average Bonchev–Trinajstić information content (AvgIpc) is 1.82. The highest BCUT2D eigenvalue weighted by atomic mass is 19.1. The predicted molar refractivity (Wildman–Crippen MR) is 42.6 cm³/mol. The molecule has 0 aliphatic carbocycles. The van der Waals surface area contributed by atoms with Gasteiger partial charge < -0.3 is 5.73 Å². The van der Waals surface area contributed by atoms with Crippen LogP contribution < -0.4 is 5.73 Å². The fraction of sp³-hybridized carbons (Fsp3) is 1.00. The highest BCUT2D eigenvalue weighted by Gasteiger charge is 2.11. The Morgan fingerprint density at radius 3 is 2.00 bits per heavy atom. The number of rotatable bonds is 4. The van der Waals surface area contributed by atoms with Crippen LogP contribution in [0.3, 0.4) is 0 Å². The first-order chi connectivity index (χ1) is 4.54. The Bertz CT molecular complexity index is 81.3. The summed E-state index contributed by atoms with van der Waals surface area (Å²) in [5.41, 5.74) is 5.35. The average molecular weight is 147 g/mol. The zero-order valence-corrected chi connectivity index (χ0v) is 7.10. The molecule has 0 aliphatic heterocycles. The van der Waals surface area contributed by atoms with Crippen molar-refractivity contribution in [1.29, 1.82) is 0 Å². The summed E-state index contributed by atoms with van der Waals surface area (Å²) in [6, 6.07) is -0.307. The second-order valence-corrected chi connectivity index (χ2v) is 3.35. The van der Waals surface area contributed by atoms with Gasteiger partial charge >= 0.3 is 0 Å². The largest absolute Gasteiger partial charge is 0.325 e. The van der Waals surface area contributed by atoms with Gasteiger partial charge in [0.25, 0.3) is 0 Å². The molecular weight excluding hydrogens is 129 g/mol. The van der Waals surface area contributed by atoms with Gasteiger partial charge in [0.2, 0.25) is 0 Å². The maximum atomic E-state index is 12.8. The first kappa shape index (κ1) is 9.89. The van der Waals surface area contributed by atoms with E-state index < -0.39 is 6.17 Å². The molecule has 0 heterocycles. The Balaban J connectivity index is 3.30. The van der Waals surface area contributed by atoms with E-state index in [4.69, 9.17) is 5.73 Å². The third-order valence-corrected chi connectivity index (χ3v) is 1.59. The monoisotopic (exact) mass is 147 g/mol. The van der Waals surface area contributed by atoms with E-state index in [0.717, 1.165) is 6.42 Å². The Kier molecular flexibility index (Phi) is 4.62.